The maximum atomic E-state index is 9.35. The molecule has 105 heavy (non-hydrogen) atoms. The molecule has 20 aromatic rings. The first-order valence-electron chi connectivity index (χ1n) is 32.6. The second-order valence-electron chi connectivity index (χ2n) is 23.4. The quantitative estimate of drug-likeness (QED) is 0.146. The van der Waals surface area contributed by atoms with Gasteiger partial charge < -0.3 is 22.5 Å². The molecule has 19 heteroatoms. The van der Waals surface area contributed by atoms with E-state index in [4.69, 9.17) is 37.4 Å². The first kappa shape index (κ1) is 64.2. The SMILES string of the molecule is N#Cc1ccc(-c2ccccn2)c2oc3ncccc3c12.N#Cc1ccnc2oc3c(-c4ccccn4)cccc3c12.[C-]#[N+]c1ccc2c(n1)oc1c(-c3ccccn3)cccc12.[C-]#[N+]c1cccc2c1sc1c(-c3ccccn3)cccc12.[C-]#[N+]c1cnc2oc3c(-c4ccccn4)cccc3c2c1. The van der Waals surface area contributed by atoms with E-state index in [1.807, 2.05) is 194 Å². The molecule has 0 spiro atoms. The van der Waals surface area contributed by atoms with Gasteiger partial charge in [0.15, 0.2) is 0 Å². The van der Waals surface area contributed by atoms with Gasteiger partial charge in [0.25, 0.3) is 5.82 Å². The summed E-state index contributed by atoms with van der Waals surface area (Å²) in [5.41, 5.74) is 16.4. The van der Waals surface area contributed by atoms with Crippen molar-refractivity contribution in [2.45, 2.75) is 0 Å². The van der Waals surface area contributed by atoms with Crippen LogP contribution in [0.15, 0.2) is 298 Å². The summed E-state index contributed by atoms with van der Waals surface area (Å²) in [6.45, 7) is 21.5. The molecule has 0 aliphatic heterocycles. The largest absolute Gasteiger partial charge is 0.437 e. The van der Waals surface area contributed by atoms with Gasteiger partial charge in [-0.05, 0) is 132 Å². The van der Waals surface area contributed by atoms with Crippen molar-refractivity contribution < 1.29 is 17.7 Å². The topological polar surface area (TPSA) is 229 Å². The fourth-order valence-electron chi connectivity index (χ4n) is 12.6. The summed E-state index contributed by atoms with van der Waals surface area (Å²) in [7, 11) is 0. The van der Waals surface area contributed by atoms with E-state index >= 15 is 0 Å². The number of hydrogen-bond donors (Lipinski definition) is 0. The maximum absolute atomic E-state index is 9.35. The molecule has 0 saturated heterocycles. The van der Waals surface area contributed by atoms with Crippen molar-refractivity contribution >= 4 is 137 Å². The number of hydrogen-bond acceptors (Lipinski definition) is 16. The summed E-state index contributed by atoms with van der Waals surface area (Å²) in [5.74, 6) is 0.334. The molecule has 0 N–H and O–H groups in total. The van der Waals surface area contributed by atoms with Gasteiger partial charge in [-0.15, -0.1) is 11.3 Å². The third-order valence-electron chi connectivity index (χ3n) is 17.3. The Morgan fingerprint density at radius 1 is 0.314 bits per heavy atom. The first-order valence-corrected chi connectivity index (χ1v) is 33.4. The third-order valence-corrected chi connectivity index (χ3v) is 18.6. The van der Waals surface area contributed by atoms with Crippen molar-refractivity contribution in [3.63, 3.8) is 0 Å². The minimum atomic E-state index is 0.334. The van der Waals surface area contributed by atoms with Gasteiger partial charge in [-0.25, -0.2) is 24.6 Å². The predicted molar refractivity (Wildman–Crippen MR) is 410 cm³/mol. The number of fused-ring (bicyclic) bond motifs is 15. The Kier molecular flexibility index (Phi) is 17.4. The van der Waals surface area contributed by atoms with Gasteiger partial charge in [-0.3, -0.25) is 24.9 Å². The second-order valence-corrected chi connectivity index (χ2v) is 24.4. The summed E-state index contributed by atoms with van der Waals surface area (Å²) in [5, 5.41) is 28.0. The summed E-state index contributed by atoms with van der Waals surface area (Å²) in [6, 6.07) is 77.7. The smallest absolute Gasteiger partial charge is 0.322 e. The molecule has 6 aromatic carbocycles. The Hall–Kier alpha value is -15.5. The molecule has 14 aromatic heterocycles. The minimum absolute atomic E-state index is 0.334. The normalized spacial score (nSPS) is 10.8. The molecule has 490 valence electrons. The van der Waals surface area contributed by atoms with Crippen LogP contribution in [0.3, 0.4) is 0 Å². The maximum Gasteiger partial charge on any atom is 0.322 e. The molecule has 18 nitrogen and oxygen atoms in total. The molecule has 0 radical (unpaired) electrons. The zero-order valence-electron chi connectivity index (χ0n) is 54.9. The molecule has 0 fully saturated rings. The summed E-state index contributed by atoms with van der Waals surface area (Å²) in [6.07, 6.45) is 13.6. The van der Waals surface area contributed by atoms with Crippen LogP contribution in [0.5, 0.6) is 0 Å². The number of nitrogens with zero attached hydrogens (tertiary/aromatic N) is 14. The molecule has 0 amide bonds. The fourth-order valence-corrected chi connectivity index (χ4v) is 13.9. The van der Waals surface area contributed by atoms with E-state index < -0.39 is 0 Å². The summed E-state index contributed by atoms with van der Waals surface area (Å²) >= 11 is 1.68. The molecule has 0 saturated carbocycles. The van der Waals surface area contributed by atoms with Crippen LogP contribution in [0.1, 0.15) is 11.1 Å². The lowest BCUT2D eigenvalue weighted by Gasteiger charge is -2.02. The number of nitriles is 2. The highest BCUT2D eigenvalue weighted by Gasteiger charge is 2.21. The number of benzene rings is 6. The fraction of sp³-hybridized carbons (Fsp3) is 0. The van der Waals surface area contributed by atoms with E-state index in [1.165, 1.54) is 16.3 Å². The van der Waals surface area contributed by atoms with E-state index in [-0.39, 0.29) is 0 Å². The van der Waals surface area contributed by atoms with Gasteiger partial charge in [0.2, 0.25) is 28.5 Å². The number of rotatable bonds is 5. The average Bonchev–Trinajstić information content (AvgIpc) is 1.65. The summed E-state index contributed by atoms with van der Waals surface area (Å²) in [4.78, 5) is 49.2. The lowest BCUT2D eigenvalue weighted by Crippen LogP contribution is -1.85. The summed E-state index contributed by atoms with van der Waals surface area (Å²) < 4.78 is 25.8. The van der Waals surface area contributed by atoms with Gasteiger partial charge in [-0.1, -0.05) is 121 Å². The minimum Gasteiger partial charge on any atom is -0.437 e. The average molecular weight is 1370 g/mol. The lowest BCUT2D eigenvalue weighted by atomic mass is 10.0. The van der Waals surface area contributed by atoms with Crippen LogP contribution in [0.25, 0.3) is 179 Å². The van der Waals surface area contributed by atoms with Crippen molar-refractivity contribution in [3.8, 4) is 68.4 Å². The molecular formula is C86H46N14O4S. The predicted octanol–water partition coefficient (Wildman–Crippen LogP) is 22.7. The first-order chi connectivity index (χ1) is 51.9. The number of para-hydroxylation sites is 3. The Bertz CT molecular complexity index is 6820. The Labute approximate surface area is 600 Å². The van der Waals surface area contributed by atoms with Crippen LogP contribution >= 0.6 is 11.3 Å². The van der Waals surface area contributed by atoms with E-state index in [9.17, 15) is 10.5 Å². The van der Waals surface area contributed by atoms with Crippen LogP contribution in [0, 0.1) is 42.4 Å². The van der Waals surface area contributed by atoms with Crippen molar-refractivity contribution in [1.29, 1.82) is 10.5 Å². The van der Waals surface area contributed by atoms with Crippen LogP contribution in [-0.2, 0) is 0 Å². The number of thiophene rings is 1. The molecule has 0 aliphatic rings. The van der Waals surface area contributed by atoms with E-state index in [1.54, 1.807) is 66.7 Å². The van der Waals surface area contributed by atoms with Crippen molar-refractivity contribution in [2.75, 3.05) is 0 Å². The third kappa shape index (κ3) is 12.3. The second kappa shape index (κ2) is 28.4. The zero-order chi connectivity index (χ0) is 71.2. The molecule has 0 aliphatic carbocycles. The van der Waals surface area contributed by atoms with Gasteiger partial charge in [0, 0.05) is 119 Å². The van der Waals surface area contributed by atoms with Gasteiger partial charge in [0.05, 0.1) is 69.6 Å². The number of furan rings is 4. The molecule has 14 heterocycles. The zero-order valence-corrected chi connectivity index (χ0v) is 55.7. The molecule has 20 rings (SSSR count). The van der Waals surface area contributed by atoms with E-state index in [0.717, 1.165) is 126 Å². The molecule has 0 bridgehead atoms. The molecular weight excluding hydrogens is 1330 g/mol. The Morgan fingerprint density at radius 2 is 0.781 bits per heavy atom. The van der Waals surface area contributed by atoms with E-state index in [0.29, 0.717) is 56.7 Å². The molecule has 0 unspecified atom stereocenters. The van der Waals surface area contributed by atoms with Gasteiger partial charge in [0.1, 0.15) is 28.4 Å². The Balaban J connectivity index is 0.000000101. The standard InChI is InChI=1S/C18H10N2S.4C17H9N3O/c1-19-16-10-5-7-13-12-6-4-8-14(17(12)21-18(13)16)15-9-2-3-11-20-15;1-18-15-9-8-12-11-5-4-6-13(14-7-2-3-10-19-14)16(11)21-17(12)20-15;1-18-11-9-14-12-5-4-6-13(15-7-2-3-8-19-15)16(12)21-17(14)20-10-11;18-10-11-7-9-20-17-15(11)13-5-3-4-12(16(13)21-17)14-6-1-2-8-19-14;18-10-11-6-7-12(14-5-1-2-8-19-14)16-15(11)13-4-3-9-20-17(13)21-16/h2-11H;2*2-10H;2*1-9H. The highest BCUT2D eigenvalue weighted by atomic mass is 32.1. The highest BCUT2D eigenvalue weighted by molar-refractivity contribution is 7.27. The van der Waals surface area contributed by atoms with Crippen LogP contribution in [-0.4, -0.2) is 44.9 Å². The van der Waals surface area contributed by atoms with Crippen molar-refractivity contribution in [2.24, 2.45) is 0 Å². The van der Waals surface area contributed by atoms with Crippen molar-refractivity contribution in [1.82, 2.24) is 44.9 Å². The number of aromatic nitrogens is 9. The molecule has 0 atom stereocenters. The monoisotopic (exact) mass is 1370 g/mol. The van der Waals surface area contributed by atoms with Gasteiger partial charge >= 0.3 is 5.71 Å². The van der Waals surface area contributed by atoms with Crippen LogP contribution in [0.4, 0.5) is 17.2 Å². The highest BCUT2D eigenvalue weighted by Crippen LogP contribution is 2.44. The number of pyridine rings is 9. The van der Waals surface area contributed by atoms with Crippen LogP contribution in [0.2, 0.25) is 0 Å². The van der Waals surface area contributed by atoms with Gasteiger partial charge in [-0.2, -0.15) is 10.5 Å². The van der Waals surface area contributed by atoms with Crippen LogP contribution < -0.4 is 0 Å². The Morgan fingerprint density at radius 3 is 1.35 bits per heavy atom. The van der Waals surface area contributed by atoms with E-state index in [2.05, 4.69) is 95.8 Å². The lowest BCUT2D eigenvalue weighted by molar-refractivity contribution is 0.654. The van der Waals surface area contributed by atoms with Crippen molar-refractivity contribution in [3.05, 3.63) is 325 Å².